The highest BCUT2D eigenvalue weighted by Gasteiger charge is 2.31. The van der Waals surface area contributed by atoms with Gasteiger partial charge >= 0.3 is 0 Å². The van der Waals surface area contributed by atoms with Crippen LogP contribution < -0.4 is 10.0 Å². The highest BCUT2D eigenvalue weighted by atomic mass is 32.2. The van der Waals surface area contributed by atoms with E-state index in [1.54, 1.807) is 25.1 Å². The van der Waals surface area contributed by atoms with Crippen LogP contribution in [0.15, 0.2) is 58.4 Å². The molecule has 2 N–H and O–H groups in total. The van der Waals surface area contributed by atoms with Crippen LogP contribution in [0.4, 0.5) is 0 Å². The van der Waals surface area contributed by atoms with Crippen LogP contribution in [0.25, 0.3) is 0 Å². The van der Waals surface area contributed by atoms with E-state index in [9.17, 15) is 13.2 Å². The Balaban J connectivity index is 1.63. The molecule has 0 fully saturated rings. The molecule has 1 aliphatic heterocycles. The average Bonchev–Trinajstić information content (AvgIpc) is 2.91. The number of amidine groups is 1. The molecule has 0 bridgehead atoms. The molecule has 2 aromatic rings. The van der Waals surface area contributed by atoms with Crippen LogP contribution in [0.5, 0.6) is 0 Å². The lowest BCUT2D eigenvalue weighted by molar-refractivity contribution is -0.122. The lowest BCUT2D eigenvalue weighted by Gasteiger charge is -2.12. The average molecular weight is 401 g/mol. The van der Waals surface area contributed by atoms with Crippen LogP contribution in [0.3, 0.4) is 0 Å². The number of hydrogen-bond donors (Lipinski definition) is 2. The molecule has 1 atom stereocenters. The van der Waals surface area contributed by atoms with Crippen molar-refractivity contribution in [2.24, 2.45) is 4.99 Å². The first-order valence-corrected chi connectivity index (χ1v) is 10.4. The van der Waals surface area contributed by atoms with Gasteiger partial charge < -0.3 is 10.2 Å². The number of carbonyl (C=O) groups is 1. The summed E-state index contributed by atoms with van der Waals surface area (Å²) in [7, 11) is 0.417. The summed E-state index contributed by atoms with van der Waals surface area (Å²) in [6, 6.07) is 13.9. The Labute approximate surface area is 165 Å². The van der Waals surface area contributed by atoms with E-state index in [0.717, 1.165) is 12.1 Å². The maximum Gasteiger partial charge on any atom is 0.263 e. The first kappa shape index (κ1) is 20.0. The summed E-state index contributed by atoms with van der Waals surface area (Å²) >= 11 is 0. The van der Waals surface area contributed by atoms with Gasteiger partial charge in [-0.1, -0.05) is 36.4 Å². The maximum atomic E-state index is 12.4. The number of rotatable bonds is 6. The van der Waals surface area contributed by atoms with Crippen molar-refractivity contribution in [3.8, 4) is 0 Å². The normalized spacial score (nSPS) is 17.2. The standard InChI is InChI=1S/C20H24N4O3S/c1-14(22-19-17-6-4-5-7-18(17)28(26,27)23-19)20(25)21-12-15-8-10-16(11-9-15)13-24(2)3/h4-11,14H,12-13H2,1-3H3,(H,21,25)(H,22,23)/t14-/m0/s1. The number of fused-ring (bicyclic) bond motifs is 1. The maximum absolute atomic E-state index is 12.4. The minimum atomic E-state index is -3.61. The van der Waals surface area contributed by atoms with E-state index < -0.39 is 16.1 Å². The number of aliphatic imine (C=N–C) groups is 1. The van der Waals surface area contributed by atoms with Gasteiger partial charge in [0, 0.05) is 18.7 Å². The molecule has 1 aliphatic rings. The van der Waals surface area contributed by atoms with Crippen molar-refractivity contribution < 1.29 is 13.2 Å². The molecule has 0 spiro atoms. The minimum absolute atomic E-state index is 0.180. The lowest BCUT2D eigenvalue weighted by Crippen LogP contribution is -2.33. The Hall–Kier alpha value is -2.71. The Morgan fingerprint density at radius 2 is 1.75 bits per heavy atom. The number of benzene rings is 2. The van der Waals surface area contributed by atoms with Gasteiger partial charge in [-0.15, -0.1) is 0 Å². The van der Waals surface area contributed by atoms with Gasteiger partial charge in [-0.2, -0.15) is 0 Å². The molecule has 1 heterocycles. The second-order valence-corrected chi connectivity index (χ2v) is 8.68. The quantitative estimate of drug-likeness (QED) is 0.769. The summed E-state index contributed by atoms with van der Waals surface area (Å²) in [4.78, 5) is 18.9. The summed E-state index contributed by atoms with van der Waals surface area (Å²) in [6.45, 7) is 2.88. The highest BCUT2D eigenvalue weighted by Crippen LogP contribution is 2.22. The molecule has 7 nitrogen and oxygen atoms in total. The molecule has 3 rings (SSSR count). The van der Waals surface area contributed by atoms with Gasteiger partial charge in [0.05, 0.1) is 4.90 Å². The third-order valence-corrected chi connectivity index (χ3v) is 5.75. The second-order valence-electron chi connectivity index (χ2n) is 7.03. The molecule has 0 aromatic heterocycles. The molecule has 1 amide bonds. The SMILES string of the molecule is C[C@H](N=C1NS(=O)(=O)c2ccccc21)C(=O)NCc1ccc(CN(C)C)cc1. The van der Waals surface area contributed by atoms with Crippen LogP contribution in [0, 0.1) is 0 Å². The third kappa shape index (κ3) is 4.58. The third-order valence-electron chi connectivity index (χ3n) is 4.35. The smallest absolute Gasteiger partial charge is 0.263 e. The zero-order chi connectivity index (χ0) is 20.3. The van der Waals surface area contributed by atoms with Crippen molar-refractivity contribution >= 4 is 21.8 Å². The summed E-state index contributed by atoms with van der Waals surface area (Å²) in [5.41, 5.74) is 2.67. The monoisotopic (exact) mass is 400 g/mol. The zero-order valence-corrected chi connectivity index (χ0v) is 17.0. The van der Waals surface area contributed by atoms with Crippen LogP contribution in [-0.2, 0) is 27.9 Å². The molecule has 148 valence electrons. The van der Waals surface area contributed by atoms with Crippen molar-refractivity contribution in [2.75, 3.05) is 14.1 Å². The van der Waals surface area contributed by atoms with Crippen molar-refractivity contribution in [2.45, 2.75) is 31.0 Å². The van der Waals surface area contributed by atoms with Crippen LogP contribution in [-0.4, -0.2) is 45.2 Å². The van der Waals surface area contributed by atoms with Crippen molar-refractivity contribution in [3.05, 3.63) is 65.2 Å². The Morgan fingerprint density at radius 3 is 2.43 bits per heavy atom. The molecule has 0 saturated heterocycles. The van der Waals surface area contributed by atoms with Gasteiger partial charge in [0.2, 0.25) is 5.91 Å². The molecule has 0 unspecified atom stereocenters. The van der Waals surface area contributed by atoms with Crippen molar-refractivity contribution in [1.82, 2.24) is 14.9 Å². The van der Waals surface area contributed by atoms with E-state index in [-0.39, 0.29) is 16.6 Å². The molecular weight excluding hydrogens is 376 g/mol. The predicted molar refractivity (Wildman–Crippen MR) is 108 cm³/mol. The topological polar surface area (TPSA) is 90.9 Å². The number of carbonyl (C=O) groups excluding carboxylic acids is 1. The van der Waals surface area contributed by atoms with Gasteiger partial charge in [0.15, 0.2) is 0 Å². The van der Waals surface area contributed by atoms with E-state index >= 15 is 0 Å². The van der Waals surface area contributed by atoms with E-state index in [0.29, 0.717) is 12.1 Å². The molecule has 0 radical (unpaired) electrons. The van der Waals surface area contributed by atoms with Crippen molar-refractivity contribution in [1.29, 1.82) is 0 Å². The Morgan fingerprint density at radius 1 is 1.11 bits per heavy atom. The number of hydrogen-bond acceptors (Lipinski definition) is 5. The molecule has 8 heteroatoms. The molecule has 0 saturated carbocycles. The van der Waals surface area contributed by atoms with Crippen LogP contribution in [0.1, 0.15) is 23.6 Å². The summed E-state index contributed by atoms with van der Waals surface area (Å²) in [5, 5.41) is 2.84. The predicted octanol–water partition coefficient (Wildman–Crippen LogP) is 1.49. The van der Waals surface area contributed by atoms with Gasteiger partial charge in [-0.05, 0) is 44.3 Å². The Kier molecular flexibility index (Phi) is 5.81. The second kappa shape index (κ2) is 8.12. The highest BCUT2D eigenvalue weighted by molar-refractivity contribution is 7.90. The molecule has 2 aromatic carbocycles. The van der Waals surface area contributed by atoms with Gasteiger partial charge in [-0.25, -0.2) is 8.42 Å². The van der Waals surface area contributed by atoms with Gasteiger partial charge in [0.25, 0.3) is 10.0 Å². The largest absolute Gasteiger partial charge is 0.350 e. The van der Waals surface area contributed by atoms with E-state index in [1.807, 2.05) is 38.4 Å². The van der Waals surface area contributed by atoms with E-state index in [4.69, 9.17) is 0 Å². The van der Waals surface area contributed by atoms with E-state index in [1.165, 1.54) is 11.6 Å². The fourth-order valence-corrected chi connectivity index (χ4v) is 4.19. The fourth-order valence-electron chi connectivity index (χ4n) is 2.95. The van der Waals surface area contributed by atoms with E-state index in [2.05, 4.69) is 19.9 Å². The summed E-state index contributed by atoms with van der Waals surface area (Å²) < 4.78 is 26.7. The number of amides is 1. The Bertz CT molecular complexity index is 998. The minimum Gasteiger partial charge on any atom is -0.350 e. The lowest BCUT2D eigenvalue weighted by atomic mass is 10.1. The number of nitrogens with one attached hydrogen (secondary N) is 2. The molecule has 28 heavy (non-hydrogen) atoms. The summed E-state index contributed by atoms with van der Waals surface area (Å²) in [5.74, 6) is -0.0697. The first-order chi connectivity index (χ1) is 13.3. The zero-order valence-electron chi connectivity index (χ0n) is 16.1. The van der Waals surface area contributed by atoms with Gasteiger partial charge in [-0.3, -0.25) is 14.5 Å². The molecular formula is C20H24N4O3S. The summed E-state index contributed by atoms with van der Waals surface area (Å²) in [6.07, 6.45) is 0. The van der Waals surface area contributed by atoms with Crippen LogP contribution in [0.2, 0.25) is 0 Å². The molecule has 0 aliphatic carbocycles. The van der Waals surface area contributed by atoms with Gasteiger partial charge in [0.1, 0.15) is 11.9 Å². The first-order valence-electron chi connectivity index (χ1n) is 8.96. The number of sulfonamides is 1. The van der Waals surface area contributed by atoms with Crippen molar-refractivity contribution in [3.63, 3.8) is 0 Å². The number of nitrogens with zero attached hydrogens (tertiary/aromatic N) is 2. The van der Waals surface area contributed by atoms with Crippen LogP contribution >= 0.6 is 0 Å². The fraction of sp³-hybridized carbons (Fsp3) is 0.300.